The molecule has 0 saturated carbocycles. The third-order valence-electron chi connectivity index (χ3n) is 2.03. The summed E-state index contributed by atoms with van der Waals surface area (Å²) in [5.74, 6) is -0.161. The summed E-state index contributed by atoms with van der Waals surface area (Å²) >= 11 is 1.02. The zero-order valence-electron chi connectivity index (χ0n) is 8.02. The van der Waals surface area contributed by atoms with Crippen LogP contribution in [0.3, 0.4) is 0 Å². The number of nitrogens with two attached hydrogens (primary N) is 1. The van der Waals surface area contributed by atoms with Gasteiger partial charge in [-0.25, -0.2) is 4.79 Å². The van der Waals surface area contributed by atoms with E-state index in [-0.39, 0.29) is 10.7 Å². The van der Waals surface area contributed by atoms with Crippen molar-refractivity contribution >= 4 is 27.4 Å². The molecule has 0 amide bonds. The number of hydrogen-bond donors (Lipinski definition) is 1. The van der Waals surface area contributed by atoms with Crippen LogP contribution in [0.15, 0.2) is 27.4 Å². The highest BCUT2D eigenvalue weighted by Gasteiger charge is 2.12. The van der Waals surface area contributed by atoms with Crippen molar-refractivity contribution in [2.75, 3.05) is 0 Å². The molecule has 1 aromatic heterocycles. The van der Waals surface area contributed by atoms with Crippen LogP contribution < -0.4 is 10.7 Å². The summed E-state index contributed by atoms with van der Waals surface area (Å²) in [4.78, 5) is 22.1. The molecule has 2 N–H and O–H groups in total. The first-order valence-electron chi connectivity index (χ1n) is 4.41. The number of carbonyl (C=O) groups excluding carboxylic acids is 1. The molecule has 1 aromatic carbocycles. The van der Waals surface area contributed by atoms with Gasteiger partial charge in [-0.05, 0) is 25.1 Å². The van der Waals surface area contributed by atoms with Crippen LogP contribution in [0.1, 0.15) is 17.3 Å². The Hall–Kier alpha value is -1.46. The smallest absolute Gasteiger partial charge is 0.396 e. The van der Waals surface area contributed by atoms with Gasteiger partial charge in [0.15, 0.2) is 5.78 Å². The van der Waals surface area contributed by atoms with E-state index in [1.54, 1.807) is 25.1 Å². The van der Waals surface area contributed by atoms with Crippen molar-refractivity contribution in [1.82, 2.24) is 0 Å². The molecule has 0 aliphatic heterocycles. The SMILES string of the molecule is CC(N)C(=O)c1ccc2sc(=O)oc2c1. The highest BCUT2D eigenvalue weighted by atomic mass is 32.1. The Morgan fingerprint density at radius 3 is 2.93 bits per heavy atom. The van der Waals surface area contributed by atoms with E-state index < -0.39 is 6.04 Å². The molecule has 15 heavy (non-hydrogen) atoms. The van der Waals surface area contributed by atoms with Gasteiger partial charge in [0.05, 0.1) is 10.7 Å². The maximum absolute atomic E-state index is 11.6. The van der Waals surface area contributed by atoms with E-state index in [1.165, 1.54) is 0 Å². The van der Waals surface area contributed by atoms with Gasteiger partial charge >= 0.3 is 4.94 Å². The molecule has 0 saturated heterocycles. The predicted molar refractivity (Wildman–Crippen MR) is 58.3 cm³/mol. The largest absolute Gasteiger partial charge is 0.414 e. The molecule has 5 heteroatoms. The average molecular weight is 223 g/mol. The number of rotatable bonds is 2. The Balaban J connectivity index is 2.55. The molecule has 1 heterocycles. The number of ketones is 1. The second-order valence-corrected chi connectivity index (χ2v) is 4.25. The lowest BCUT2D eigenvalue weighted by atomic mass is 10.1. The second-order valence-electron chi connectivity index (χ2n) is 3.27. The van der Waals surface area contributed by atoms with E-state index in [2.05, 4.69) is 0 Å². The van der Waals surface area contributed by atoms with E-state index in [9.17, 15) is 9.59 Å². The fourth-order valence-electron chi connectivity index (χ4n) is 1.29. The molecule has 2 aromatic rings. The van der Waals surface area contributed by atoms with Crippen LogP contribution in [0.25, 0.3) is 10.3 Å². The van der Waals surface area contributed by atoms with E-state index in [4.69, 9.17) is 10.2 Å². The third-order valence-corrected chi connectivity index (χ3v) is 2.84. The van der Waals surface area contributed by atoms with Crippen molar-refractivity contribution in [2.45, 2.75) is 13.0 Å². The topological polar surface area (TPSA) is 73.3 Å². The molecule has 0 aliphatic carbocycles. The zero-order valence-corrected chi connectivity index (χ0v) is 8.84. The summed E-state index contributed by atoms with van der Waals surface area (Å²) in [7, 11) is 0. The minimum Gasteiger partial charge on any atom is -0.414 e. The standard InChI is InChI=1S/C10H9NO3S/c1-5(11)9(12)6-2-3-8-7(4-6)14-10(13)15-8/h2-5H,11H2,1H3. The number of fused-ring (bicyclic) bond motifs is 1. The minimum absolute atomic E-state index is 0.161. The normalized spacial score (nSPS) is 12.9. The van der Waals surface area contributed by atoms with Crippen LogP contribution >= 0.6 is 11.3 Å². The van der Waals surface area contributed by atoms with E-state index in [0.29, 0.717) is 11.1 Å². The molecule has 0 bridgehead atoms. The predicted octanol–water partition coefficient (Wildman–Crippen LogP) is 1.38. The Bertz CT molecular complexity index is 567. The molecule has 78 valence electrons. The fraction of sp³-hybridized carbons (Fsp3) is 0.200. The highest BCUT2D eigenvalue weighted by Crippen LogP contribution is 2.18. The monoisotopic (exact) mass is 223 g/mol. The molecule has 0 spiro atoms. The van der Waals surface area contributed by atoms with E-state index in [0.717, 1.165) is 16.0 Å². The minimum atomic E-state index is -0.548. The number of hydrogen-bond acceptors (Lipinski definition) is 5. The average Bonchev–Trinajstić information content (AvgIpc) is 2.55. The van der Waals surface area contributed by atoms with Crippen molar-refractivity contribution < 1.29 is 9.21 Å². The van der Waals surface area contributed by atoms with Gasteiger partial charge in [-0.2, -0.15) is 0 Å². The van der Waals surface area contributed by atoms with Crippen LogP contribution in [-0.2, 0) is 0 Å². The van der Waals surface area contributed by atoms with Crippen LogP contribution in [0.5, 0.6) is 0 Å². The van der Waals surface area contributed by atoms with Gasteiger partial charge in [0, 0.05) is 5.56 Å². The maximum atomic E-state index is 11.6. The molecular formula is C10H9NO3S. The first kappa shape index (κ1) is 10.1. The molecule has 0 aliphatic rings. The molecule has 1 unspecified atom stereocenters. The van der Waals surface area contributed by atoms with Crippen LogP contribution in [0, 0.1) is 0 Å². The van der Waals surface area contributed by atoms with Crippen LogP contribution in [0.4, 0.5) is 0 Å². The quantitative estimate of drug-likeness (QED) is 0.781. The molecule has 2 rings (SSSR count). The van der Waals surface area contributed by atoms with Crippen molar-refractivity contribution in [1.29, 1.82) is 0 Å². The second kappa shape index (κ2) is 3.60. The molecule has 0 radical (unpaired) electrons. The van der Waals surface area contributed by atoms with Crippen molar-refractivity contribution in [2.24, 2.45) is 5.73 Å². The summed E-state index contributed by atoms with van der Waals surface area (Å²) in [6.07, 6.45) is 0. The first-order chi connectivity index (χ1) is 7.08. The van der Waals surface area contributed by atoms with Gasteiger partial charge in [-0.1, -0.05) is 11.3 Å². The molecule has 4 nitrogen and oxygen atoms in total. The van der Waals surface area contributed by atoms with E-state index >= 15 is 0 Å². The van der Waals surface area contributed by atoms with Crippen molar-refractivity contribution in [3.8, 4) is 0 Å². The summed E-state index contributed by atoms with van der Waals surface area (Å²) in [5.41, 5.74) is 6.39. The lowest BCUT2D eigenvalue weighted by molar-refractivity contribution is 0.0968. The van der Waals surface area contributed by atoms with Gasteiger partial charge in [0.25, 0.3) is 0 Å². The van der Waals surface area contributed by atoms with Crippen LogP contribution in [-0.4, -0.2) is 11.8 Å². The number of Topliss-reactive ketones (excluding diaryl/α,β-unsaturated/α-hetero) is 1. The molecule has 0 fully saturated rings. The molecule has 1 atom stereocenters. The van der Waals surface area contributed by atoms with E-state index in [1.807, 2.05) is 0 Å². The maximum Gasteiger partial charge on any atom is 0.396 e. The highest BCUT2D eigenvalue weighted by molar-refractivity contribution is 7.16. The van der Waals surface area contributed by atoms with Crippen LogP contribution in [0.2, 0.25) is 0 Å². The Kier molecular flexibility index (Phi) is 2.42. The zero-order chi connectivity index (χ0) is 11.0. The lowest BCUT2D eigenvalue weighted by Crippen LogP contribution is -2.26. The Morgan fingerprint density at radius 2 is 2.27 bits per heavy atom. The summed E-state index contributed by atoms with van der Waals surface area (Å²) in [5, 5.41) is 0. The summed E-state index contributed by atoms with van der Waals surface area (Å²) < 4.78 is 5.65. The van der Waals surface area contributed by atoms with Crippen molar-refractivity contribution in [3.63, 3.8) is 0 Å². The van der Waals surface area contributed by atoms with Crippen molar-refractivity contribution in [3.05, 3.63) is 33.5 Å². The third kappa shape index (κ3) is 1.84. The van der Waals surface area contributed by atoms with Gasteiger partial charge in [-0.3, -0.25) is 4.79 Å². The number of benzene rings is 1. The number of carbonyl (C=O) groups is 1. The fourth-order valence-corrected chi connectivity index (χ4v) is 1.94. The van der Waals surface area contributed by atoms with Gasteiger partial charge in [0.1, 0.15) is 5.58 Å². The van der Waals surface area contributed by atoms with Gasteiger partial charge in [0.2, 0.25) is 0 Å². The Morgan fingerprint density at radius 1 is 1.53 bits per heavy atom. The first-order valence-corrected chi connectivity index (χ1v) is 5.23. The molecular weight excluding hydrogens is 214 g/mol. The van der Waals surface area contributed by atoms with Gasteiger partial charge < -0.3 is 10.2 Å². The summed E-state index contributed by atoms with van der Waals surface area (Å²) in [6.45, 7) is 1.62. The van der Waals surface area contributed by atoms with Gasteiger partial charge in [-0.15, -0.1) is 0 Å². The Labute approximate surface area is 89.3 Å². The lowest BCUT2D eigenvalue weighted by Gasteiger charge is -2.02. The summed E-state index contributed by atoms with van der Waals surface area (Å²) in [6, 6.07) is 4.35.